The van der Waals surface area contributed by atoms with Gasteiger partial charge in [0, 0.05) is 0 Å². The van der Waals surface area contributed by atoms with E-state index in [-0.39, 0.29) is 0 Å². The van der Waals surface area contributed by atoms with E-state index in [9.17, 15) is 0 Å². The molecule has 0 bridgehead atoms. The highest BCUT2D eigenvalue weighted by molar-refractivity contribution is 5.04. The second-order valence-electron chi connectivity index (χ2n) is 4.63. The van der Waals surface area contributed by atoms with Crippen molar-refractivity contribution in [3.8, 4) is 0 Å². The van der Waals surface area contributed by atoms with Crippen molar-refractivity contribution < 1.29 is 0 Å². The Bertz CT molecular complexity index is 159. The summed E-state index contributed by atoms with van der Waals surface area (Å²) in [6, 6.07) is 0. The molecule has 0 heterocycles. The molecule has 1 fully saturated rings. The van der Waals surface area contributed by atoms with E-state index < -0.39 is 0 Å². The average molecular weight is 240 g/mol. The molecule has 1 aliphatic rings. The first-order valence-electron chi connectivity index (χ1n) is 7.87. The summed E-state index contributed by atoms with van der Waals surface area (Å²) in [4.78, 5) is 0. The van der Waals surface area contributed by atoms with Crippen LogP contribution in [-0.4, -0.2) is 0 Å². The molecule has 0 saturated heterocycles. The summed E-state index contributed by atoms with van der Waals surface area (Å²) in [6.07, 6.45) is 7.74. The highest BCUT2D eigenvalue weighted by Crippen LogP contribution is 2.51. The molecule has 0 heteroatoms. The van der Waals surface area contributed by atoms with Gasteiger partial charge in [-0.3, -0.25) is 0 Å². The number of hydrogen-bond acceptors (Lipinski definition) is 0. The molecule has 0 radical (unpaired) electrons. The Hall–Kier alpha value is -0.260. The van der Waals surface area contributed by atoms with Crippen LogP contribution in [0.1, 0.15) is 74.1 Å². The predicted molar refractivity (Wildman–Crippen MR) is 82.3 cm³/mol. The monoisotopic (exact) mass is 240 g/mol. The molecule has 4 unspecified atom stereocenters. The van der Waals surface area contributed by atoms with Crippen molar-refractivity contribution >= 4 is 0 Å². The van der Waals surface area contributed by atoms with Gasteiger partial charge in [0.1, 0.15) is 0 Å². The first-order valence-corrected chi connectivity index (χ1v) is 7.87. The van der Waals surface area contributed by atoms with Gasteiger partial charge in [-0.2, -0.15) is 0 Å². The first kappa shape index (κ1) is 19.1. The van der Waals surface area contributed by atoms with Crippen LogP contribution in [0.2, 0.25) is 0 Å². The third kappa shape index (κ3) is 6.91. The third-order valence-electron chi connectivity index (χ3n) is 3.79. The molecule has 0 aromatic heterocycles. The SMILES string of the molecule is C=CC1C(C)C1CC(CC)CCC.CC.CC. The molecule has 0 amide bonds. The zero-order valence-electron chi connectivity index (χ0n) is 13.4. The summed E-state index contributed by atoms with van der Waals surface area (Å²) in [7, 11) is 0. The van der Waals surface area contributed by atoms with Crippen LogP contribution in [0.3, 0.4) is 0 Å². The van der Waals surface area contributed by atoms with E-state index in [4.69, 9.17) is 0 Å². The van der Waals surface area contributed by atoms with Crippen molar-refractivity contribution in [1.29, 1.82) is 0 Å². The molecule has 0 N–H and O–H groups in total. The van der Waals surface area contributed by atoms with E-state index in [0.29, 0.717) is 0 Å². The number of hydrogen-bond donors (Lipinski definition) is 0. The minimum atomic E-state index is 0.839. The fraction of sp³-hybridized carbons (Fsp3) is 0.882. The van der Waals surface area contributed by atoms with E-state index in [1.807, 2.05) is 27.7 Å². The van der Waals surface area contributed by atoms with Gasteiger partial charge in [-0.15, -0.1) is 6.58 Å². The van der Waals surface area contributed by atoms with Crippen LogP contribution in [-0.2, 0) is 0 Å². The van der Waals surface area contributed by atoms with Crippen molar-refractivity contribution in [2.45, 2.75) is 74.1 Å². The molecule has 4 atom stereocenters. The average Bonchev–Trinajstić information content (AvgIpc) is 3.02. The van der Waals surface area contributed by atoms with Crippen LogP contribution in [0.15, 0.2) is 12.7 Å². The second-order valence-corrected chi connectivity index (χ2v) is 4.63. The van der Waals surface area contributed by atoms with Crippen LogP contribution < -0.4 is 0 Å². The smallest absolute Gasteiger partial charge is 0.0176 e. The summed E-state index contributed by atoms with van der Waals surface area (Å²) in [6.45, 7) is 18.9. The van der Waals surface area contributed by atoms with Crippen LogP contribution in [0.5, 0.6) is 0 Å². The Balaban J connectivity index is 0. The summed E-state index contributed by atoms with van der Waals surface area (Å²) >= 11 is 0. The van der Waals surface area contributed by atoms with E-state index in [2.05, 4.69) is 33.4 Å². The first-order chi connectivity index (χ1) is 8.24. The maximum Gasteiger partial charge on any atom is -0.0176 e. The Morgan fingerprint density at radius 1 is 1.12 bits per heavy atom. The van der Waals surface area contributed by atoms with Crippen LogP contribution >= 0.6 is 0 Å². The van der Waals surface area contributed by atoms with E-state index >= 15 is 0 Å². The quantitative estimate of drug-likeness (QED) is 0.476. The topological polar surface area (TPSA) is 0 Å². The van der Waals surface area contributed by atoms with Crippen molar-refractivity contribution in [1.82, 2.24) is 0 Å². The normalized spacial score (nSPS) is 26.9. The van der Waals surface area contributed by atoms with Gasteiger partial charge in [0.25, 0.3) is 0 Å². The standard InChI is InChI=1S/C13H24.2C2H6/c1-5-8-11(6-2)9-13-10(4)12(13)7-3;2*1-2/h7,10-13H,3,5-6,8-9H2,1-2,4H3;2*1-2H3. The van der Waals surface area contributed by atoms with Gasteiger partial charge in [-0.05, 0) is 30.1 Å². The molecule has 1 aliphatic carbocycles. The maximum atomic E-state index is 3.90. The molecule has 0 spiro atoms. The Kier molecular flexibility index (Phi) is 13.7. The summed E-state index contributed by atoms with van der Waals surface area (Å²) in [5.41, 5.74) is 0. The molecular weight excluding hydrogens is 204 g/mol. The molecular formula is C17H36. The lowest BCUT2D eigenvalue weighted by atomic mass is 9.93. The van der Waals surface area contributed by atoms with Crippen molar-refractivity contribution in [3.63, 3.8) is 0 Å². The van der Waals surface area contributed by atoms with E-state index in [1.54, 1.807) is 0 Å². The number of allylic oxidation sites excluding steroid dienone is 1. The molecule has 1 saturated carbocycles. The Morgan fingerprint density at radius 3 is 1.94 bits per heavy atom. The predicted octanol–water partition coefficient (Wildman–Crippen LogP) is 6.32. The van der Waals surface area contributed by atoms with Gasteiger partial charge in [0.15, 0.2) is 0 Å². The van der Waals surface area contributed by atoms with Crippen molar-refractivity contribution in [2.75, 3.05) is 0 Å². The van der Waals surface area contributed by atoms with E-state index in [1.165, 1.54) is 25.7 Å². The largest absolute Gasteiger partial charge is 0.103 e. The lowest BCUT2D eigenvalue weighted by Gasteiger charge is -2.12. The highest BCUT2D eigenvalue weighted by Gasteiger charge is 2.44. The van der Waals surface area contributed by atoms with Gasteiger partial charge >= 0.3 is 0 Å². The molecule has 104 valence electrons. The molecule has 1 rings (SSSR count). The molecule has 0 aromatic rings. The molecule has 0 aliphatic heterocycles. The lowest BCUT2D eigenvalue weighted by Crippen LogP contribution is -2.00. The van der Waals surface area contributed by atoms with Gasteiger partial charge < -0.3 is 0 Å². The highest BCUT2D eigenvalue weighted by atomic mass is 14.5. The molecule has 0 aromatic carbocycles. The van der Waals surface area contributed by atoms with Gasteiger partial charge in [-0.1, -0.05) is 73.8 Å². The lowest BCUT2D eigenvalue weighted by molar-refractivity contribution is 0.397. The van der Waals surface area contributed by atoms with Crippen molar-refractivity contribution in [2.24, 2.45) is 23.7 Å². The minimum Gasteiger partial charge on any atom is -0.103 e. The van der Waals surface area contributed by atoms with Gasteiger partial charge in [-0.25, -0.2) is 0 Å². The number of rotatable bonds is 6. The van der Waals surface area contributed by atoms with Gasteiger partial charge in [0.2, 0.25) is 0 Å². The second kappa shape index (κ2) is 12.2. The summed E-state index contributed by atoms with van der Waals surface area (Å²) in [5.74, 6) is 3.70. The van der Waals surface area contributed by atoms with Crippen LogP contribution in [0, 0.1) is 23.7 Å². The van der Waals surface area contributed by atoms with Crippen LogP contribution in [0.4, 0.5) is 0 Å². The minimum absolute atomic E-state index is 0.839. The zero-order valence-corrected chi connectivity index (χ0v) is 13.4. The maximum absolute atomic E-state index is 3.90. The van der Waals surface area contributed by atoms with E-state index in [0.717, 1.165) is 23.7 Å². The Labute approximate surface area is 111 Å². The summed E-state index contributed by atoms with van der Waals surface area (Å²) in [5, 5.41) is 0. The fourth-order valence-corrected chi connectivity index (χ4v) is 2.62. The molecule has 0 nitrogen and oxygen atoms in total. The zero-order chi connectivity index (χ0) is 13.8. The van der Waals surface area contributed by atoms with Crippen molar-refractivity contribution in [3.05, 3.63) is 12.7 Å². The van der Waals surface area contributed by atoms with Gasteiger partial charge in [0.05, 0.1) is 0 Å². The summed E-state index contributed by atoms with van der Waals surface area (Å²) < 4.78 is 0. The van der Waals surface area contributed by atoms with Crippen LogP contribution in [0.25, 0.3) is 0 Å². The molecule has 17 heavy (non-hydrogen) atoms. The Morgan fingerprint density at radius 2 is 1.65 bits per heavy atom. The fourth-order valence-electron chi connectivity index (χ4n) is 2.62. The third-order valence-corrected chi connectivity index (χ3v) is 3.79.